The lowest BCUT2D eigenvalue weighted by atomic mass is 10.1. The summed E-state index contributed by atoms with van der Waals surface area (Å²) in [6.07, 6.45) is 4.19. The van der Waals surface area contributed by atoms with Gasteiger partial charge in [-0.05, 0) is 57.6 Å². The fourth-order valence-corrected chi connectivity index (χ4v) is 4.07. The molecule has 1 aromatic carbocycles. The zero-order valence-electron chi connectivity index (χ0n) is 15.9. The molecule has 28 heavy (non-hydrogen) atoms. The van der Waals surface area contributed by atoms with E-state index >= 15 is 0 Å². The summed E-state index contributed by atoms with van der Waals surface area (Å²) in [5.74, 6) is 0.353. The van der Waals surface area contributed by atoms with Crippen molar-refractivity contribution in [2.75, 3.05) is 18.9 Å². The molecular weight excluding hydrogens is 352 g/mol. The quantitative estimate of drug-likeness (QED) is 0.509. The molecule has 1 amide bonds. The van der Waals surface area contributed by atoms with E-state index in [4.69, 9.17) is 0 Å². The maximum Gasteiger partial charge on any atom is 0.256 e. The van der Waals surface area contributed by atoms with Crippen molar-refractivity contribution in [3.8, 4) is 0 Å². The van der Waals surface area contributed by atoms with Crippen molar-refractivity contribution < 1.29 is 4.79 Å². The van der Waals surface area contributed by atoms with Gasteiger partial charge in [-0.1, -0.05) is 0 Å². The predicted molar refractivity (Wildman–Crippen MR) is 109 cm³/mol. The number of anilines is 1. The lowest BCUT2D eigenvalue weighted by Crippen LogP contribution is -2.17. The highest BCUT2D eigenvalue weighted by atomic mass is 16.1. The van der Waals surface area contributed by atoms with Gasteiger partial charge in [0, 0.05) is 46.0 Å². The Morgan fingerprint density at radius 2 is 2.18 bits per heavy atom. The maximum atomic E-state index is 12.7. The largest absolute Gasteiger partial charge is 0.357 e. The van der Waals surface area contributed by atoms with E-state index in [-0.39, 0.29) is 5.91 Å². The highest BCUT2D eigenvalue weighted by molar-refractivity contribution is 6.06. The molecular formula is C21H22N6O. The van der Waals surface area contributed by atoms with Crippen LogP contribution in [0.3, 0.4) is 0 Å². The summed E-state index contributed by atoms with van der Waals surface area (Å²) in [5, 5.41) is 12.1. The molecule has 0 spiro atoms. The number of aryl methyl sites for hydroxylation is 1. The fourth-order valence-electron chi connectivity index (χ4n) is 4.07. The maximum absolute atomic E-state index is 12.7. The first kappa shape index (κ1) is 16.9. The minimum absolute atomic E-state index is 0.184. The number of likely N-dealkylation sites (tertiary alicyclic amines) is 1. The van der Waals surface area contributed by atoms with E-state index in [2.05, 4.69) is 43.5 Å². The van der Waals surface area contributed by atoms with E-state index in [1.807, 2.05) is 31.3 Å². The number of carbonyl (C=O) groups is 1. The van der Waals surface area contributed by atoms with Crippen molar-refractivity contribution in [3.63, 3.8) is 0 Å². The van der Waals surface area contributed by atoms with Crippen LogP contribution in [0.15, 0.2) is 36.5 Å². The number of carbonyl (C=O) groups excluding carboxylic acids is 1. The number of hydrogen-bond acceptors (Lipinski definition) is 4. The van der Waals surface area contributed by atoms with E-state index in [1.54, 1.807) is 6.07 Å². The van der Waals surface area contributed by atoms with Gasteiger partial charge in [0.25, 0.3) is 5.91 Å². The molecule has 5 rings (SSSR count). The number of aromatic nitrogens is 4. The minimum Gasteiger partial charge on any atom is -0.357 e. The smallest absolute Gasteiger partial charge is 0.256 e. The van der Waals surface area contributed by atoms with Crippen molar-refractivity contribution in [3.05, 3.63) is 53.5 Å². The van der Waals surface area contributed by atoms with Gasteiger partial charge in [-0.2, -0.15) is 5.10 Å². The molecule has 1 aliphatic heterocycles. The van der Waals surface area contributed by atoms with Crippen LogP contribution in [0.25, 0.3) is 21.8 Å². The number of H-pyrrole nitrogens is 2. The van der Waals surface area contributed by atoms with Crippen molar-refractivity contribution >= 4 is 33.5 Å². The Morgan fingerprint density at radius 1 is 1.29 bits per heavy atom. The van der Waals surface area contributed by atoms with Gasteiger partial charge in [-0.25, -0.2) is 4.98 Å². The lowest BCUT2D eigenvalue weighted by Gasteiger charge is -2.17. The minimum atomic E-state index is -0.184. The van der Waals surface area contributed by atoms with E-state index in [0.29, 0.717) is 17.4 Å². The van der Waals surface area contributed by atoms with Crippen LogP contribution < -0.4 is 5.32 Å². The molecule has 4 aromatic rings. The van der Waals surface area contributed by atoms with Crippen molar-refractivity contribution in [1.29, 1.82) is 0 Å². The molecule has 1 fully saturated rings. The van der Waals surface area contributed by atoms with E-state index in [1.165, 1.54) is 12.1 Å². The van der Waals surface area contributed by atoms with Crippen LogP contribution in [0.4, 0.5) is 5.82 Å². The summed E-state index contributed by atoms with van der Waals surface area (Å²) in [5.41, 5.74) is 4.57. The van der Waals surface area contributed by atoms with Gasteiger partial charge in [0.15, 0.2) is 0 Å². The molecule has 0 unspecified atom stereocenters. The molecule has 7 nitrogen and oxygen atoms in total. The van der Waals surface area contributed by atoms with Crippen molar-refractivity contribution in [1.82, 2.24) is 25.1 Å². The standard InChI is InChI=1S/C21H22N6O/c1-12-15-8-13(5-6-16(15)26-25-12)21(28)24-20-10-17-14(11-22-20)9-18(23-17)19-4-3-7-27(19)2/h5-6,8-11,19,23H,3-4,7H2,1-2H3,(H,25,26)(H,22,24,28)/t19-/m1/s1. The van der Waals surface area contributed by atoms with E-state index in [0.717, 1.165) is 40.5 Å². The van der Waals surface area contributed by atoms with Crippen LogP contribution in [-0.4, -0.2) is 44.6 Å². The molecule has 0 bridgehead atoms. The number of nitrogens with zero attached hydrogens (tertiary/aromatic N) is 3. The molecule has 142 valence electrons. The Morgan fingerprint density at radius 3 is 3.00 bits per heavy atom. The number of rotatable bonds is 3. The number of amides is 1. The zero-order valence-corrected chi connectivity index (χ0v) is 15.9. The third-order valence-electron chi connectivity index (χ3n) is 5.65. The summed E-state index contributed by atoms with van der Waals surface area (Å²) in [6, 6.07) is 9.96. The lowest BCUT2D eigenvalue weighted by molar-refractivity contribution is 0.102. The van der Waals surface area contributed by atoms with Crippen LogP contribution in [0.5, 0.6) is 0 Å². The molecule has 0 radical (unpaired) electrons. The summed E-state index contributed by atoms with van der Waals surface area (Å²) >= 11 is 0. The average molecular weight is 374 g/mol. The molecule has 1 atom stereocenters. The monoisotopic (exact) mass is 374 g/mol. The second kappa shape index (κ2) is 6.45. The Balaban J connectivity index is 1.40. The first-order chi connectivity index (χ1) is 13.6. The second-order valence-corrected chi connectivity index (χ2v) is 7.55. The van der Waals surface area contributed by atoms with Crippen LogP contribution in [0.1, 0.15) is 40.6 Å². The topological polar surface area (TPSA) is 89.7 Å². The predicted octanol–water partition coefficient (Wildman–Crippen LogP) is 3.77. The second-order valence-electron chi connectivity index (χ2n) is 7.55. The summed E-state index contributed by atoms with van der Waals surface area (Å²) in [7, 11) is 2.16. The number of benzene rings is 1. The molecule has 3 aromatic heterocycles. The normalized spacial score (nSPS) is 17.6. The molecule has 0 aliphatic carbocycles. The number of fused-ring (bicyclic) bond motifs is 2. The molecule has 0 saturated carbocycles. The zero-order chi connectivity index (χ0) is 19.3. The summed E-state index contributed by atoms with van der Waals surface area (Å²) in [6.45, 7) is 3.07. The Bertz CT molecular complexity index is 1190. The Hall–Kier alpha value is -3.19. The summed E-state index contributed by atoms with van der Waals surface area (Å²) in [4.78, 5) is 23.0. The molecule has 1 aliphatic rings. The van der Waals surface area contributed by atoms with Crippen molar-refractivity contribution in [2.45, 2.75) is 25.8 Å². The third-order valence-corrected chi connectivity index (χ3v) is 5.65. The van der Waals surface area contributed by atoms with Gasteiger partial charge in [-0.15, -0.1) is 0 Å². The van der Waals surface area contributed by atoms with E-state index < -0.39 is 0 Å². The number of nitrogens with one attached hydrogen (secondary N) is 3. The average Bonchev–Trinajstić information content (AvgIpc) is 3.39. The van der Waals surface area contributed by atoms with Crippen LogP contribution in [0, 0.1) is 6.92 Å². The van der Waals surface area contributed by atoms with Gasteiger partial charge in [0.2, 0.25) is 0 Å². The number of hydrogen-bond donors (Lipinski definition) is 3. The highest BCUT2D eigenvalue weighted by Crippen LogP contribution is 2.32. The molecule has 4 heterocycles. The number of pyridine rings is 1. The van der Waals surface area contributed by atoms with Crippen LogP contribution in [0.2, 0.25) is 0 Å². The van der Waals surface area contributed by atoms with Gasteiger partial charge in [0.1, 0.15) is 5.82 Å². The van der Waals surface area contributed by atoms with Gasteiger partial charge >= 0.3 is 0 Å². The van der Waals surface area contributed by atoms with Gasteiger partial charge in [-0.3, -0.25) is 14.8 Å². The Labute approximate surface area is 162 Å². The molecule has 7 heteroatoms. The molecule has 1 saturated heterocycles. The third kappa shape index (κ3) is 2.84. The van der Waals surface area contributed by atoms with Crippen LogP contribution in [-0.2, 0) is 0 Å². The highest BCUT2D eigenvalue weighted by Gasteiger charge is 2.24. The van der Waals surface area contributed by atoms with Gasteiger partial charge < -0.3 is 10.3 Å². The summed E-state index contributed by atoms with van der Waals surface area (Å²) < 4.78 is 0. The number of aromatic amines is 2. The van der Waals surface area contributed by atoms with E-state index in [9.17, 15) is 4.79 Å². The first-order valence-corrected chi connectivity index (χ1v) is 9.53. The van der Waals surface area contributed by atoms with Crippen molar-refractivity contribution in [2.24, 2.45) is 0 Å². The van der Waals surface area contributed by atoms with Crippen LogP contribution >= 0.6 is 0 Å². The molecule has 3 N–H and O–H groups in total. The Kier molecular flexibility index (Phi) is 3.91. The SMILES string of the molecule is Cc1[nH]nc2ccc(C(=O)Nc3cc4[nH]c([C@H]5CCCN5C)cc4cn3)cc12. The fraction of sp³-hybridized carbons (Fsp3) is 0.286. The van der Waals surface area contributed by atoms with Gasteiger partial charge in [0.05, 0.1) is 11.0 Å². The first-order valence-electron chi connectivity index (χ1n) is 9.53.